The molecule has 0 saturated carbocycles. The van der Waals surface area contributed by atoms with Crippen LogP contribution in [0.1, 0.15) is 12.5 Å². The van der Waals surface area contributed by atoms with E-state index in [4.69, 9.17) is 0 Å². The lowest BCUT2D eigenvalue weighted by Gasteiger charge is -2.09. The highest BCUT2D eigenvalue weighted by molar-refractivity contribution is 7.99. The summed E-state index contributed by atoms with van der Waals surface area (Å²) in [4.78, 5) is 21.8. The molecule has 0 spiro atoms. The van der Waals surface area contributed by atoms with Crippen molar-refractivity contribution in [3.63, 3.8) is 0 Å². The molecule has 1 rings (SSSR count). The van der Waals surface area contributed by atoms with Crippen molar-refractivity contribution in [1.29, 1.82) is 0 Å². The van der Waals surface area contributed by atoms with E-state index in [9.17, 15) is 19.3 Å². The van der Waals surface area contributed by atoms with Crippen LogP contribution in [0, 0.1) is 28.8 Å². The van der Waals surface area contributed by atoms with Crippen LogP contribution in [-0.2, 0) is 9.53 Å². The number of benzene rings is 1. The standard InChI is InChI=1S/C12H14FNO4S/c1-7-4-11(10(14(16)17)5-9(7)13)19-6-8(2)12(15)18-3/h4-5,8H,6H2,1-3H3. The first kappa shape index (κ1) is 15.4. The van der Waals surface area contributed by atoms with E-state index in [1.54, 1.807) is 6.92 Å². The van der Waals surface area contributed by atoms with Gasteiger partial charge in [-0.3, -0.25) is 14.9 Å². The number of esters is 1. The van der Waals surface area contributed by atoms with Crippen LogP contribution in [0.3, 0.4) is 0 Å². The molecule has 1 unspecified atom stereocenters. The van der Waals surface area contributed by atoms with Gasteiger partial charge in [0, 0.05) is 5.75 Å². The number of aryl methyl sites for hydroxylation is 1. The van der Waals surface area contributed by atoms with Gasteiger partial charge in [-0.2, -0.15) is 0 Å². The number of hydrogen-bond acceptors (Lipinski definition) is 5. The van der Waals surface area contributed by atoms with E-state index >= 15 is 0 Å². The Morgan fingerprint density at radius 2 is 2.21 bits per heavy atom. The summed E-state index contributed by atoms with van der Waals surface area (Å²) < 4.78 is 17.9. The van der Waals surface area contributed by atoms with Gasteiger partial charge >= 0.3 is 5.97 Å². The molecule has 0 heterocycles. The second kappa shape index (κ2) is 6.51. The van der Waals surface area contributed by atoms with Crippen LogP contribution in [0.25, 0.3) is 0 Å². The first-order chi connectivity index (χ1) is 8.86. The van der Waals surface area contributed by atoms with E-state index < -0.39 is 10.7 Å². The maximum absolute atomic E-state index is 13.3. The summed E-state index contributed by atoms with van der Waals surface area (Å²) >= 11 is 1.14. The van der Waals surface area contributed by atoms with Crippen molar-refractivity contribution in [2.24, 2.45) is 5.92 Å². The van der Waals surface area contributed by atoms with Gasteiger partial charge in [0.05, 0.1) is 28.9 Å². The molecule has 5 nitrogen and oxygen atoms in total. The Hall–Kier alpha value is -1.63. The van der Waals surface area contributed by atoms with E-state index in [1.165, 1.54) is 20.1 Å². The number of halogens is 1. The van der Waals surface area contributed by atoms with Crippen LogP contribution in [0.15, 0.2) is 17.0 Å². The Morgan fingerprint density at radius 3 is 2.74 bits per heavy atom. The van der Waals surface area contributed by atoms with Crippen LogP contribution in [0.2, 0.25) is 0 Å². The lowest BCUT2D eigenvalue weighted by Crippen LogP contribution is -2.14. The van der Waals surface area contributed by atoms with E-state index in [2.05, 4.69) is 4.74 Å². The number of thioether (sulfide) groups is 1. The Kier molecular flexibility index (Phi) is 5.29. The highest BCUT2D eigenvalue weighted by Crippen LogP contribution is 2.32. The minimum absolute atomic E-state index is 0.287. The Morgan fingerprint density at radius 1 is 1.58 bits per heavy atom. The average Bonchev–Trinajstić information content (AvgIpc) is 2.37. The number of hydrogen-bond donors (Lipinski definition) is 0. The third kappa shape index (κ3) is 3.92. The zero-order valence-electron chi connectivity index (χ0n) is 10.8. The van der Waals surface area contributed by atoms with Crippen molar-refractivity contribution in [3.8, 4) is 0 Å². The zero-order valence-corrected chi connectivity index (χ0v) is 11.6. The Labute approximate surface area is 114 Å². The maximum Gasteiger partial charge on any atom is 0.309 e. The van der Waals surface area contributed by atoms with E-state index in [0.29, 0.717) is 16.2 Å². The Balaban J connectivity index is 2.91. The lowest BCUT2D eigenvalue weighted by molar-refractivity contribution is -0.387. The molecule has 0 N–H and O–H groups in total. The van der Waals surface area contributed by atoms with Gasteiger partial charge in [0.2, 0.25) is 0 Å². The van der Waals surface area contributed by atoms with Gasteiger partial charge in [-0.25, -0.2) is 4.39 Å². The summed E-state index contributed by atoms with van der Waals surface area (Å²) in [5.74, 6) is -1.05. The van der Waals surface area contributed by atoms with E-state index in [0.717, 1.165) is 17.8 Å². The number of rotatable bonds is 5. The topological polar surface area (TPSA) is 69.4 Å². The van der Waals surface area contributed by atoms with Crippen LogP contribution >= 0.6 is 11.8 Å². The molecule has 0 amide bonds. The molecular weight excluding hydrogens is 273 g/mol. The number of ether oxygens (including phenoxy) is 1. The zero-order chi connectivity index (χ0) is 14.6. The molecular formula is C12H14FNO4S. The molecule has 0 saturated heterocycles. The van der Waals surface area contributed by atoms with Crippen LogP contribution in [-0.4, -0.2) is 23.8 Å². The molecule has 1 atom stereocenters. The van der Waals surface area contributed by atoms with Crippen molar-refractivity contribution in [1.82, 2.24) is 0 Å². The second-order valence-electron chi connectivity index (χ2n) is 4.06. The lowest BCUT2D eigenvalue weighted by atomic mass is 10.2. The van der Waals surface area contributed by atoms with Gasteiger partial charge in [0.15, 0.2) is 0 Å². The van der Waals surface area contributed by atoms with Gasteiger partial charge in [0.25, 0.3) is 5.69 Å². The monoisotopic (exact) mass is 287 g/mol. The van der Waals surface area contributed by atoms with E-state index in [1.807, 2.05) is 0 Å². The fourth-order valence-electron chi connectivity index (χ4n) is 1.39. The van der Waals surface area contributed by atoms with E-state index in [-0.39, 0.29) is 17.6 Å². The summed E-state index contributed by atoms with van der Waals surface area (Å²) in [5, 5.41) is 10.9. The molecule has 0 aliphatic carbocycles. The molecule has 0 bridgehead atoms. The number of nitro groups is 1. The third-order valence-electron chi connectivity index (χ3n) is 2.53. The molecule has 0 fully saturated rings. The smallest absolute Gasteiger partial charge is 0.309 e. The van der Waals surface area contributed by atoms with Gasteiger partial charge in [0.1, 0.15) is 5.82 Å². The van der Waals surface area contributed by atoms with Crippen LogP contribution < -0.4 is 0 Å². The van der Waals surface area contributed by atoms with Crippen molar-refractivity contribution in [2.75, 3.05) is 12.9 Å². The molecule has 1 aromatic carbocycles. The predicted octanol–water partition coefficient (Wildman–Crippen LogP) is 2.94. The molecule has 1 aromatic rings. The van der Waals surface area contributed by atoms with Gasteiger partial charge in [-0.05, 0) is 18.6 Å². The molecule has 0 radical (unpaired) electrons. The van der Waals surface area contributed by atoms with Crippen molar-refractivity contribution >= 4 is 23.4 Å². The first-order valence-corrected chi connectivity index (χ1v) is 6.50. The SMILES string of the molecule is COC(=O)C(C)CSc1cc(C)c(F)cc1[N+](=O)[O-]. The summed E-state index contributed by atoms with van der Waals surface area (Å²) in [7, 11) is 1.29. The molecule has 0 aromatic heterocycles. The first-order valence-electron chi connectivity index (χ1n) is 5.52. The molecule has 0 aliphatic rings. The summed E-state index contributed by atoms with van der Waals surface area (Å²) in [5.41, 5.74) is 0.0454. The summed E-state index contributed by atoms with van der Waals surface area (Å²) in [6, 6.07) is 2.32. The number of nitrogens with zero attached hydrogens (tertiary/aromatic N) is 1. The van der Waals surface area contributed by atoms with Crippen LogP contribution in [0.4, 0.5) is 10.1 Å². The normalized spacial score (nSPS) is 12.0. The maximum atomic E-state index is 13.3. The summed E-state index contributed by atoms with van der Waals surface area (Å²) in [6.07, 6.45) is 0. The number of carbonyl (C=O) groups excluding carboxylic acids is 1. The number of nitro benzene ring substituents is 1. The third-order valence-corrected chi connectivity index (χ3v) is 3.83. The van der Waals surface area contributed by atoms with Crippen molar-refractivity contribution < 1.29 is 18.8 Å². The fourth-order valence-corrected chi connectivity index (χ4v) is 2.49. The fraction of sp³-hybridized carbons (Fsp3) is 0.417. The highest BCUT2D eigenvalue weighted by Gasteiger charge is 2.20. The van der Waals surface area contributed by atoms with Crippen LogP contribution in [0.5, 0.6) is 0 Å². The predicted molar refractivity (Wildman–Crippen MR) is 69.7 cm³/mol. The van der Waals surface area contributed by atoms with Gasteiger partial charge in [-0.1, -0.05) is 6.92 Å². The summed E-state index contributed by atoms with van der Waals surface area (Å²) in [6.45, 7) is 3.20. The average molecular weight is 287 g/mol. The van der Waals surface area contributed by atoms with Crippen molar-refractivity contribution in [3.05, 3.63) is 33.6 Å². The minimum atomic E-state index is -0.631. The molecule has 104 valence electrons. The second-order valence-corrected chi connectivity index (χ2v) is 5.12. The molecule has 19 heavy (non-hydrogen) atoms. The Bertz CT molecular complexity index is 507. The molecule has 0 aliphatic heterocycles. The highest BCUT2D eigenvalue weighted by atomic mass is 32.2. The minimum Gasteiger partial charge on any atom is -0.469 e. The molecule has 7 heteroatoms. The van der Waals surface area contributed by atoms with Gasteiger partial charge < -0.3 is 4.74 Å². The largest absolute Gasteiger partial charge is 0.469 e. The van der Waals surface area contributed by atoms with Crippen molar-refractivity contribution in [2.45, 2.75) is 18.7 Å². The van der Waals surface area contributed by atoms with Gasteiger partial charge in [-0.15, -0.1) is 11.8 Å². The number of methoxy groups -OCH3 is 1. The quantitative estimate of drug-likeness (QED) is 0.360. The number of carbonyl (C=O) groups is 1.